The molecule has 0 saturated heterocycles. The maximum atomic E-state index is 6.08. The number of ether oxygens (including phenoxy) is 2. The molecule has 1 aromatic carbocycles. The summed E-state index contributed by atoms with van der Waals surface area (Å²) in [5.74, 6) is 1.57. The van der Waals surface area contributed by atoms with Crippen LogP contribution in [0.15, 0.2) is 29.8 Å². The fraction of sp³-hybridized carbons (Fsp3) is 0.385. The van der Waals surface area contributed by atoms with Gasteiger partial charge in [-0.3, -0.25) is 0 Å². The van der Waals surface area contributed by atoms with Gasteiger partial charge in [0.25, 0.3) is 0 Å². The van der Waals surface area contributed by atoms with Gasteiger partial charge in [-0.2, -0.15) is 0 Å². The minimum absolute atomic E-state index is 0.171. The molecule has 1 aromatic rings. The van der Waals surface area contributed by atoms with Gasteiger partial charge in [0.15, 0.2) is 0 Å². The van der Waals surface area contributed by atoms with Gasteiger partial charge < -0.3 is 15.2 Å². The molecule has 0 spiro atoms. The van der Waals surface area contributed by atoms with Crippen LogP contribution in [0, 0.1) is 0 Å². The van der Waals surface area contributed by atoms with E-state index in [1.807, 2.05) is 38.1 Å². The van der Waals surface area contributed by atoms with Crippen LogP contribution in [0.2, 0.25) is 0 Å². The molecule has 0 aliphatic rings. The van der Waals surface area contributed by atoms with E-state index in [0.29, 0.717) is 0 Å². The lowest BCUT2D eigenvalue weighted by atomic mass is 10.0. The normalized spacial score (nSPS) is 11.8. The van der Waals surface area contributed by atoms with Gasteiger partial charge in [0, 0.05) is 5.56 Å². The van der Waals surface area contributed by atoms with E-state index in [-0.39, 0.29) is 6.04 Å². The molecular weight excluding hydrogens is 202 g/mol. The van der Waals surface area contributed by atoms with Crippen molar-refractivity contribution >= 4 is 0 Å². The van der Waals surface area contributed by atoms with Gasteiger partial charge in [0.05, 0.1) is 20.3 Å². The van der Waals surface area contributed by atoms with Crippen LogP contribution in [-0.2, 0) is 0 Å². The van der Waals surface area contributed by atoms with Crippen LogP contribution in [0.1, 0.15) is 25.5 Å². The fourth-order valence-corrected chi connectivity index (χ4v) is 1.55. The molecule has 0 heterocycles. The topological polar surface area (TPSA) is 44.5 Å². The summed E-state index contributed by atoms with van der Waals surface area (Å²) in [6, 6.07) is 5.46. The van der Waals surface area contributed by atoms with Gasteiger partial charge in [-0.05, 0) is 32.0 Å². The van der Waals surface area contributed by atoms with E-state index in [9.17, 15) is 0 Å². The smallest absolute Gasteiger partial charge is 0.124 e. The van der Waals surface area contributed by atoms with E-state index in [4.69, 9.17) is 15.2 Å². The Kier molecular flexibility index (Phi) is 4.38. The number of benzene rings is 1. The Morgan fingerprint density at radius 2 is 1.94 bits per heavy atom. The summed E-state index contributed by atoms with van der Waals surface area (Å²) in [4.78, 5) is 0. The molecule has 0 radical (unpaired) electrons. The summed E-state index contributed by atoms with van der Waals surface area (Å²) in [6.45, 7) is 4.04. The summed E-state index contributed by atoms with van der Waals surface area (Å²) >= 11 is 0. The zero-order chi connectivity index (χ0) is 12.1. The maximum Gasteiger partial charge on any atom is 0.124 e. The van der Waals surface area contributed by atoms with Crippen molar-refractivity contribution in [3.05, 3.63) is 35.4 Å². The molecule has 0 bridgehead atoms. The fourth-order valence-electron chi connectivity index (χ4n) is 1.55. The van der Waals surface area contributed by atoms with Crippen molar-refractivity contribution in [3.8, 4) is 11.5 Å². The molecule has 1 atom stereocenters. The molecule has 0 aliphatic heterocycles. The SMILES string of the molecule is COc1ccc(OC)c(C(N)C=C(C)C)c1. The molecule has 0 aromatic heterocycles. The molecule has 88 valence electrons. The van der Waals surface area contributed by atoms with Crippen molar-refractivity contribution < 1.29 is 9.47 Å². The van der Waals surface area contributed by atoms with Gasteiger partial charge >= 0.3 is 0 Å². The number of allylic oxidation sites excluding steroid dienone is 1. The van der Waals surface area contributed by atoms with Crippen molar-refractivity contribution in [2.24, 2.45) is 5.73 Å². The van der Waals surface area contributed by atoms with Crippen LogP contribution < -0.4 is 15.2 Å². The molecule has 3 nitrogen and oxygen atoms in total. The van der Waals surface area contributed by atoms with E-state index in [1.165, 1.54) is 5.57 Å². The lowest BCUT2D eigenvalue weighted by molar-refractivity contribution is 0.397. The number of methoxy groups -OCH3 is 2. The highest BCUT2D eigenvalue weighted by Crippen LogP contribution is 2.29. The lowest BCUT2D eigenvalue weighted by Gasteiger charge is -2.14. The third kappa shape index (κ3) is 3.00. The van der Waals surface area contributed by atoms with Crippen LogP contribution in [0.25, 0.3) is 0 Å². The van der Waals surface area contributed by atoms with E-state index in [0.717, 1.165) is 17.1 Å². The van der Waals surface area contributed by atoms with Crippen LogP contribution in [0.5, 0.6) is 11.5 Å². The average molecular weight is 221 g/mol. The van der Waals surface area contributed by atoms with E-state index in [2.05, 4.69) is 0 Å². The van der Waals surface area contributed by atoms with Gasteiger partial charge in [0.2, 0.25) is 0 Å². The van der Waals surface area contributed by atoms with Crippen molar-refractivity contribution in [2.45, 2.75) is 19.9 Å². The molecule has 2 N–H and O–H groups in total. The molecule has 1 unspecified atom stereocenters. The van der Waals surface area contributed by atoms with Crippen molar-refractivity contribution in [3.63, 3.8) is 0 Å². The summed E-state index contributed by atoms with van der Waals surface area (Å²) < 4.78 is 10.5. The Bertz CT molecular complexity index is 382. The molecule has 16 heavy (non-hydrogen) atoms. The lowest BCUT2D eigenvalue weighted by Crippen LogP contribution is -2.09. The Morgan fingerprint density at radius 1 is 1.25 bits per heavy atom. The molecule has 3 heteroatoms. The Balaban J connectivity index is 3.13. The zero-order valence-corrected chi connectivity index (χ0v) is 10.3. The monoisotopic (exact) mass is 221 g/mol. The number of rotatable bonds is 4. The minimum Gasteiger partial charge on any atom is -0.497 e. The van der Waals surface area contributed by atoms with Gasteiger partial charge in [-0.1, -0.05) is 11.6 Å². The second-order valence-corrected chi connectivity index (χ2v) is 3.88. The highest BCUT2D eigenvalue weighted by atomic mass is 16.5. The van der Waals surface area contributed by atoms with Gasteiger partial charge in [-0.25, -0.2) is 0 Å². The third-order valence-electron chi connectivity index (χ3n) is 2.31. The minimum atomic E-state index is -0.171. The number of hydrogen-bond donors (Lipinski definition) is 1. The zero-order valence-electron chi connectivity index (χ0n) is 10.3. The highest BCUT2D eigenvalue weighted by Gasteiger charge is 2.10. The standard InChI is InChI=1S/C13H19NO2/c1-9(2)7-12(14)11-8-10(15-3)5-6-13(11)16-4/h5-8,12H,14H2,1-4H3. The first kappa shape index (κ1) is 12.6. The molecule has 0 aliphatic carbocycles. The van der Waals surface area contributed by atoms with E-state index >= 15 is 0 Å². The maximum absolute atomic E-state index is 6.08. The molecule has 0 fully saturated rings. The van der Waals surface area contributed by atoms with Crippen LogP contribution in [-0.4, -0.2) is 14.2 Å². The summed E-state index contributed by atoms with van der Waals surface area (Å²) in [6.07, 6.45) is 2.00. The first-order chi connectivity index (χ1) is 7.58. The van der Waals surface area contributed by atoms with Crippen LogP contribution in [0.4, 0.5) is 0 Å². The van der Waals surface area contributed by atoms with Crippen molar-refractivity contribution in [1.29, 1.82) is 0 Å². The second kappa shape index (κ2) is 5.56. The predicted molar refractivity (Wildman–Crippen MR) is 65.9 cm³/mol. The largest absolute Gasteiger partial charge is 0.497 e. The molecular formula is C13H19NO2. The predicted octanol–water partition coefficient (Wildman–Crippen LogP) is 2.67. The Morgan fingerprint density at radius 3 is 2.44 bits per heavy atom. The van der Waals surface area contributed by atoms with Crippen LogP contribution >= 0.6 is 0 Å². The average Bonchev–Trinajstić information content (AvgIpc) is 2.27. The molecule has 1 rings (SSSR count). The highest BCUT2D eigenvalue weighted by molar-refractivity contribution is 5.43. The first-order valence-electron chi connectivity index (χ1n) is 5.21. The van der Waals surface area contributed by atoms with E-state index < -0.39 is 0 Å². The molecule has 0 saturated carbocycles. The second-order valence-electron chi connectivity index (χ2n) is 3.88. The summed E-state index contributed by atoms with van der Waals surface area (Å²) in [5.41, 5.74) is 8.20. The summed E-state index contributed by atoms with van der Waals surface area (Å²) in [5, 5.41) is 0. The third-order valence-corrected chi connectivity index (χ3v) is 2.31. The quantitative estimate of drug-likeness (QED) is 0.795. The van der Waals surface area contributed by atoms with Gasteiger partial charge in [-0.15, -0.1) is 0 Å². The molecule has 0 amide bonds. The first-order valence-corrected chi connectivity index (χ1v) is 5.21. The summed E-state index contributed by atoms with van der Waals surface area (Å²) in [7, 11) is 3.28. The Hall–Kier alpha value is -1.48. The number of nitrogens with two attached hydrogens (primary N) is 1. The number of hydrogen-bond acceptors (Lipinski definition) is 3. The Labute approximate surface area is 96.9 Å². The van der Waals surface area contributed by atoms with E-state index in [1.54, 1.807) is 14.2 Å². The van der Waals surface area contributed by atoms with Crippen molar-refractivity contribution in [2.75, 3.05) is 14.2 Å². The van der Waals surface area contributed by atoms with Crippen molar-refractivity contribution in [1.82, 2.24) is 0 Å². The van der Waals surface area contributed by atoms with Gasteiger partial charge in [0.1, 0.15) is 11.5 Å². The van der Waals surface area contributed by atoms with Crippen LogP contribution in [0.3, 0.4) is 0 Å².